The Hall–Kier alpha value is -0.280. The Balaban J connectivity index is 0.00000392. The second-order valence-electron chi connectivity index (χ2n) is 7.33. The average Bonchev–Trinajstić information content (AvgIpc) is 2.65. The van der Waals surface area contributed by atoms with Crippen LogP contribution in [-0.2, 0) is 0 Å². The largest absolute Gasteiger partial charge is 0.356 e. The number of piperazine rings is 1. The summed E-state index contributed by atoms with van der Waals surface area (Å²) in [5, 5.41) is 8.16. The average molecular weight is 542 g/mol. The van der Waals surface area contributed by atoms with Crippen molar-refractivity contribution in [1.82, 2.24) is 20.4 Å². The number of rotatable bonds is 7. The van der Waals surface area contributed by atoms with Crippen molar-refractivity contribution in [2.24, 2.45) is 10.9 Å². The molecule has 1 aliphatic heterocycles. The van der Waals surface area contributed by atoms with Crippen LogP contribution in [0.25, 0.3) is 0 Å². The van der Waals surface area contributed by atoms with Gasteiger partial charge in [0.2, 0.25) is 0 Å². The van der Waals surface area contributed by atoms with Crippen LogP contribution in [0.15, 0.2) is 23.2 Å². The van der Waals surface area contributed by atoms with Gasteiger partial charge in [0.05, 0.1) is 6.04 Å². The number of halogens is 3. The molecule has 0 saturated carbocycles. The molecule has 2 atom stereocenters. The monoisotopic (exact) mass is 541 g/mol. The molecule has 2 N–H and O–H groups in total. The number of aliphatic imine (C=N–C) groups is 1. The molecule has 1 aromatic carbocycles. The molecule has 0 radical (unpaired) electrons. The van der Waals surface area contributed by atoms with E-state index >= 15 is 0 Å². The van der Waals surface area contributed by atoms with Crippen LogP contribution in [0, 0.1) is 5.92 Å². The van der Waals surface area contributed by atoms with Gasteiger partial charge in [-0.1, -0.05) is 43.1 Å². The van der Waals surface area contributed by atoms with Crippen molar-refractivity contribution in [2.75, 3.05) is 52.9 Å². The number of benzene rings is 1. The van der Waals surface area contributed by atoms with E-state index in [1.54, 1.807) is 13.1 Å². The first kappa shape index (κ1) is 25.8. The van der Waals surface area contributed by atoms with Crippen LogP contribution in [0.4, 0.5) is 0 Å². The van der Waals surface area contributed by atoms with E-state index in [-0.39, 0.29) is 30.0 Å². The molecule has 28 heavy (non-hydrogen) atoms. The molecule has 1 aliphatic rings. The topological polar surface area (TPSA) is 42.9 Å². The maximum atomic E-state index is 6.31. The maximum Gasteiger partial charge on any atom is 0.191 e. The smallest absolute Gasteiger partial charge is 0.191 e. The summed E-state index contributed by atoms with van der Waals surface area (Å²) < 4.78 is 0. The highest BCUT2D eigenvalue weighted by Gasteiger charge is 2.18. The fourth-order valence-electron chi connectivity index (χ4n) is 3.39. The van der Waals surface area contributed by atoms with E-state index in [0.717, 1.165) is 44.2 Å². The van der Waals surface area contributed by atoms with Crippen LogP contribution in [0.3, 0.4) is 0 Å². The zero-order valence-corrected chi connectivity index (χ0v) is 21.2. The maximum absolute atomic E-state index is 6.31. The molecule has 0 amide bonds. The van der Waals surface area contributed by atoms with Crippen LogP contribution in [0.5, 0.6) is 0 Å². The Bertz CT molecular complexity index is 621. The highest BCUT2D eigenvalue weighted by molar-refractivity contribution is 14.0. The molecule has 8 heteroatoms. The lowest BCUT2D eigenvalue weighted by atomic mass is 10.1. The summed E-state index contributed by atoms with van der Waals surface area (Å²) in [5.41, 5.74) is 1.01. The predicted octanol–water partition coefficient (Wildman–Crippen LogP) is 4.11. The number of nitrogens with zero attached hydrogens (tertiary/aromatic N) is 3. The summed E-state index contributed by atoms with van der Waals surface area (Å²) in [4.78, 5) is 9.41. The second-order valence-corrected chi connectivity index (χ2v) is 8.17. The minimum Gasteiger partial charge on any atom is -0.356 e. The molecule has 2 rings (SSSR count). The fourth-order valence-corrected chi connectivity index (χ4v) is 3.97. The number of guanidine groups is 1. The predicted molar refractivity (Wildman–Crippen MR) is 133 cm³/mol. The fraction of sp³-hybridized carbons (Fsp3) is 0.650. The molecule has 0 spiro atoms. The summed E-state index contributed by atoms with van der Waals surface area (Å²) >= 11 is 12.3. The minimum atomic E-state index is 0. The van der Waals surface area contributed by atoms with E-state index in [1.807, 2.05) is 12.1 Å². The minimum absolute atomic E-state index is 0. The van der Waals surface area contributed by atoms with E-state index in [2.05, 4.69) is 46.2 Å². The molecule has 1 aromatic rings. The van der Waals surface area contributed by atoms with E-state index in [1.165, 1.54) is 13.1 Å². The van der Waals surface area contributed by atoms with Crippen molar-refractivity contribution in [3.63, 3.8) is 0 Å². The molecule has 160 valence electrons. The van der Waals surface area contributed by atoms with Crippen LogP contribution < -0.4 is 10.6 Å². The van der Waals surface area contributed by atoms with Crippen LogP contribution >= 0.6 is 47.2 Å². The van der Waals surface area contributed by atoms with Crippen molar-refractivity contribution < 1.29 is 0 Å². The van der Waals surface area contributed by atoms with E-state index in [4.69, 9.17) is 23.2 Å². The lowest BCUT2D eigenvalue weighted by molar-refractivity contribution is 0.124. The van der Waals surface area contributed by atoms with Gasteiger partial charge in [0, 0.05) is 56.4 Å². The van der Waals surface area contributed by atoms with Crippen LogP contribution in [0.1, 0.15) is 32.4 Å². The van der Waals surface area contributed by atoms with Crippen molar-refractivity contribution >= 4 is 53.1 Å². The van der Waals surface area contributed by atoms with Gasteiger partial charge in [0.1, 0.15) is 0 Å². The van der Waals surface area contributed by atoms with Gasteiger partial charge in [-0.2, -0.15) is 0 Å². The number of hydrogen-bond acceptors (Lipinski definition) is 3. The molecule has 1 fully saturated rings. The molecule has 0 aromatic heterocycles. The summed E-state index contributed by atoms with van der Waals surface area (Å²) in [6, 6.07) is 5.62. The third-order valence-electron chi connectivity index (χ3n) is 5.11. The first-order valence-corrected chi connectivity index (χ1v) is 10.5. The van der Waals surface area contributed by atoms with E-state index < -0.39 is 0 Å². The Morgan fingerprint density at radius 1 is 1.14 bits per heavy atom. The molecule has 5 nitrogen and oxygen atoms in total. The van der Waals surface area contributed by atoms with Gasteiger partial charge in [-0.3, -0.25) is 4.99 Å². The summed E-state index contributed by atoms with van der Waals surface area (Å²) in [7, 11) is 1.79. The second kappa shape index (κ2) is 13.1. The van der Waals surface area contributed by atoms with Crippen molar-refractivity contribution in [3.05, 3.63) is 33.8 Å². The third kappa shape index (κ3) is 8.22. The SMILES string of the molecule is CCN1CCN(CC(C)CNC(=NC)NC(C)c2ccc(Cl)cc2Cl)CC1.I. The van der Waals surface area contributed by atoms with Gasteiger partial charge in [-0.05, 0) is 37.1 Å². The van der Waals surface area contributed by atoms with Gasteiger partial charge >= 0.3 is 0 Å². The number of hydrogen-bond donors (Lipinski definition) is 2. The Kier molecular flexibility index (Phi) is 12.1. The first-order valence-electron chi connectivity index (χ1n) is 9.79. The highest BCUT2D eigenvalue weighted by atomic mass is 127. The van der Waals surface area contributed by atoms with Crippen molar-refractivity contribution in [2.45, 2.75) is 26.8 Å². The van der Waals surface area contributed by atoms with Crippen LogP contribution in [0.2, 0.25) is 10.0 Å². The number of likely N-dealkylation sites (N-methyl/N-ethyl adjacent to an activating group) is 1. The normalized spacial score (nSPS) is 18.3. The van der Waals surface area contributed by atoms with Crippen molar-refractivity contribution in [1.29, 1.82) is 0 Å². The lowest BCUT2D eigenvalue weighted by Crippen LogP contribution is -2.48. The van der Waals surface area contributed by atoms with Crippen molar-refractivity contribution in [3.8, 4) is 0 Å². The molecular formula is C20H34Cl2IN5. The van der Waals surface area contributed by atoms with E-state index in [9.17, 15) is 0 Å². The Labute approximate surface area is 197 Å². The first-order chi connectivity index (χ1) is 12.9. The molecule has 1 heterocycles. The van der Waals surface area contributed by atoms with Gasteiger partial charge in [0.25, 0.3) is 0 Å². The van der Waals surface area contributed by atoms with Gasteiger partial charge in [-0.25, -0.2) is 0 Å². The molecule has 2 unspecified atom stereocenters. The molecular weight excluding hydrogens is 508 g/mol. The van der Waals surface area contributed by atoms with Gasteiger partial charge in [-0.15, -0.1) is 24.0 Å². The summed E-state index contributed by atoms with van der Waals surface area (Å²) in [5.74, 6) is 1.34. The molecule has 1 saturated heterocycles. The van der Waals surface area contributed by atoms with Crippen LogP contribution in [-0.4, -0.2) is 68.6 Å². The standard InChI is InChI=1S/C20H33Cl2N5.HI/c1-5-26-8-10-27(11-9-26)14-15(2)13-24-20(23-4)25-16(3)18-7-6-17(21)12-19(18)22;/h6-7,12,15-16H,5,8-11,13-14H2,1-4H3,(H2,23,24,25);1H. The van der Waals surface area contributed by atoms with Gasteiger partial charge in [0.15, 0.2) is 5.96 Å². The zero-order valence-electron chi connectivity index (χ0n) is 17.3. The lowest BCUT2D eigenvalue weighted by Gasteiger charge is -2.35. The third-order valence-corrected chi connectivity index (χ3v) is 5.67. The highest BCUT2D eigenvalue weighted by Crippen LogP contribution is 2.25. The van der Waals surface area contributed by atoms with E-state index in [0.29, 0.717) is 16.0 Å². The molecule has 0 aliphatic carbocycles. The summed E-state index contributed by atoms with van der Waals surface area (Å²) in [6.45, 7) is 14.4. The Morgan fingerprint density at radius 3 is 2.36 bits per heavy atom. The Morgan fingerprint density at radius 2 is 1.79 bits per heavy atom. The van der Waals surface area contributed by atoms with Gasteiger partial charge < -0.3 is 20.4 Å². The number of nitrogens with one attached hydrogen (secondary N) is 2. The quantitative estimate of drug-likeness (QED) is 0.310. The zero-order chi connectivity index (χ0) is 19.8. The summed E-state index contributed by atoms with van der Waals surface area (Å²) in [6.07, 6.45) is 0. The molecule has 0 bridgehead atoms.